The predicted molar refractivity (Wildman–Crippen MR) is 252 cm³/mol. The lowest BCUT2D eigenvalue weighted by molar-refractivity contribution is -0.167. The maximum absolute atomic E-state index is 12.7. The molecule has 0 saturated heterocycles. The second-order valence-electron chi connectivity index (χ2n) is 18.6. The van der Waals surface area contributed by atoms with Gasteiger partial charge in [0.1, 0.15) is 13.2 Å². The Morgan fingerprint density at radius 2 is 0.559 bits per heavy atom. The van der Waals surface area contributed by atoms with Crippen LogP contribution in [0.25, 0.3) is 0 Å². The first-order valence-corrected chi connectivity index (χ1v) is 26.4. The van der Waals surface area contributed by atoms with Crippen molar-refractivity contribution in [2.45, 2.75) is 303 Å². The maximum atomic E-state index is 12.7. The van der Waals surface area contributed by atoms with Crippen LogP contribution < -0.4 is 0 Å². The Hall–Kier alpha value is -1.59. The molecule has 350 valence electrons. The molecule has 0 aliphatic carbocycles. The van der Waals surface area contributed by atoms with Gasteiger partial charge in [0.2, 0.25) is 0 Å². The van der Waals surface area contributed by atoms with Gasteiger partial charge in [-0.1, -0.05) is 259 Å². The van der Waals surface area contributed by atoms with E-state index in [-0.39, 0.29) is 31.1 Å². The van der Waals surface area contributed by atoms with Crippen LogP contribution in [0, 0.1) is 5.92 Å². The first-order chi connectivity index (χ1) is 28.9. The molecule has 0 bridgehead atoms. The van der Waals surface area contributed by atoms with Gasteiger partial charge in [0.15, 0.2) is 6.10 Å². The summed E-state index contributed by atoms with van der Waals surface area (Å²) in [4.78, 5) is 37.9. The molecule has 1 atom stereocenters. The summed E-state index contributed by atoms with van der Waals surface area (Å²) in [6.45, 7) is 8.98. The summed E-state index contributed by atoms with van der Waals surface area (Å²) in [6.07, 6.45) is 49.5. The Kier molecular flexibility index (Phi) is 46.2. The van der Waals surface area contributed by atoms with Gasteiger partial charge >= 0.3 is 17.9 Å². The molecule has 0 amide bonds. The third kappa shape index (κ3) is 47.3. The molecule has 0 rings (SSSR count). The molecule has 6 nitrogen and oxygen atoms in total. The fourth-order valence-corrected chi connectivity index (χ4v) is 8.04. The highest BCUT2D eigenvalue weighted by atomic mass is 16.6. The summed E-state index contributed by atoms with van der Waals surface area (Å²) < 4.78 is 16.8. The number of esters is 3. The van der Waals surface area contributed by atoms with Gasteiger partial charge in [-0.25, -0.2) is 0 Å². The van der Waals surface area contributed by atoms with E-state index in [0.29, 0.717) is 19.3 Å². The number of hydrogen-bond donors (Lipinski definition) is 0. The number of unbranched alkanes of at least 4 members (excludes halogenated alkanes) is 35. The number of ether oxygens (including phenoxy) is 3. The van der Waals surface area contributed by atoms with E-state index in [1.165, 1.54) is 193 Å². The Morgan fingerprint density at radius 1 is 0.322 bits per heavy atom. The molecule has 0 aromatic heterocycles. The second kappa shape index (κ2) is 47.5. The lowest BCUT2D eigenvalue weighted by Crippen LogP contribution is -2.30. The molecule has 0 aromatic rings. The zero-order valence-corrected chi connectivity index (χ0v) is 40.2. The number of hydrogen-bond acceptors (Lipinski definition) is 6. The third-order valence-corrected chi connectivity index (χ3v) is 12.0. The molecule has 0 aliphatic rings. The van der Waals surface area contributed by atoms with Crippen LogP contribution in [-0.4, -0.2) is 37.2 Å². The standard InChI is InChI=1S/C53H102O6/c1-5-7-9-11-13-15-17-19-21-22-23-25-27-29-33-37-41-45-52(55)58-48-50(59-53(56)46-42-38-34-30-31-35-39-43-49(3)4)47-57-51(54)44-40-36-32-28-26-24-20-18-16-14-12-10-8-6-2/h49-50H,5-48H2,1-4H3/t50-/m0/s1. The summed E-state index contributed by atoms with van der Waals surface area (Å²) in [5.41, 5.74) is 0. The minimum absolute atomic E-state index is 0.0634. The van der Waals surface area contributed by atoms with Crippen LogP contribution in [-0.2, 0) is 28.6 Å². The monoisotopic (exact) mass is 835 g/mol. The molecule has 0 aliphatic heterocycles. The van der Waals surface area contributed by atoms with Gasteiger partial charge < -0.3 is 14.2 Å². The van der Waals surface area contributed by atoms with E-state index in [0.717, 1.165) is 63.7 Å². The largest absolute Gasteiger partial charge is 0.462 e. The van der Waals surface area contributed by atoms with Crippen LogP contribution >= 0.6 is 0 Å². The Balaban J connectivity index is 4.25. The van der Waals surface area contributed by atoms with Crippen LogP contribution in [0.4, 0.5) is 0 Å². The van der Waals surface area contributed by atoms with Crippen molar-refractivity contribution in [3.05, 3.63) is 0 Å². The summed E-state index contributed by atoms with van der Waals surface area (Å²) >= 11 is 0. The Bertz CT molecular complexity index is 887. The highest BCUT2D eigenvalue weighted by Gasteiger charge is 2.19. The molecule has 0 radical (unpaired) electrons. The van der Waals surface area contributed by atoms with E-state index in [4.69, 9.17) is 14.2 Å². The van der Waals surface area contributed by atoms with Gasteiger partial charge in [-0.15, -0.1) is 0 Å². The molecule has 0 saturated carbocycles. The number of carbonyl (C=O) groups is 3. The first-order valence-electron chi connectivity index (χ1n) is 26.4. The summed E-state index contributed by atoms with van der Waals surface area (Å²) in [7, 11) is 0. The van der Waals surface area contributed by atoms with Gasteiger partial charge in [-0.3, -0.25) is 14.4 Å². The lowest BCUT2D eigenvalue weighted by atomic mass is 10.0. The van der Waals surface area contributed by atoms with Crippen molar-refractivity contribution in [3.63, 3.8) is 0 Å². The van der Waals surface area contributed by atoms with E-state index < -0.39 is 6.10 Å². The molecule has 0 spiro atoms. The van der Waals surface area contributed by atoms with E-state index in [9.17, 15) is 14.4 Å². The highest BCUT2D eigenvalue weighted by Crippen LogP contribution is 2.17. The first kappa shape index (κ1) is 57.4. The van der Waals surface area contributed by atoms with Gasteiger partial charge in [-0.05, 0) is 25.2 Å². The van der Waals surface area contributed by atoms with Gasteiger partial charge in [0, 0.05) is 19.3 Å². The average molecular weight is 835 g/mol. The molecule has 0 heterocycles. The molecule has 59 heavy (non-hydrogen) atoms. The van der Waals surface area contributed by atoms with Crippen molar-refractivity contribution in [2.75, 3.05) is 13.2 Å². The van der Waals surface area contributed by atoms with Crippen LogP contribution in [0.15, 0.2) is 0 Å². The summed E-state index contributed by atoms with van der Waals surface area (Å²) in [5.74, 6) is -0.0687. The van der Waals surface area contributed by atoms with Crippen molar-refractivity contribution in [1.29, 1.82) is 0 Å². The van der Waals surface area contributed by atoms with Crippen LogP contribution in [0.2, 0.25) is 0 Å². The Morgan fingerprint density at radius 3 is 0.831 bits per heavy atom. The number of rotatable bonds is 48. The van der Waals surface area contributed by atoms with Crippen molar-refractivity contribution >= 4 is 17.9 Å². The van der Waals surface area contributed by atoms with E-state index in [1.54, 1.807) is 0 Å². The molecular weight excluding hydrogens is 733 g/mol. The van der Waals surface area contributed by atoms with Crippen LogP contribution in [0.1, 0.15) is 297 Å². The highest BCUT2D eigenvalue weighted by molar-refractivity contribution is 5.71. The zero-order valence-electron chi connectivity index (χ0n) is 40.2. The normalized spacial score (nSPS) is 11.9. The van der Waals surface area contributed by atoms with Crippen LogP contribution in [0.3, 0.4) is 0 Å². The molecule has 0 aromatic carbocycles. The fraction of sp³-hybridized carbons (Fsp3) is 0.943. The summed E-state index contributed by atoms with van der Waals surface area (Å²) in [6, 6.07) is 0. The SMILES string of the molecule is CCCCCCCCCCCCCCCCCCCC(=O)OC[C@H](COC(=O)CCCCCCCCCCCCCCCC)OC(=O)CCCCCCCCCC(C)C. The molecule has 0 fully saturated rings. The minimum Gasteiger partial charge on any atom is -0.462 e. The second-order valence-corrected chi connectivity index (χ2v) is 18.6. The van der Waals surface area contributed by atoms with Crippen LogP contribution in [0.5, 0.6) is 0 Å². The average Bonchev–Trinajstić information content (AvgIpc) is 3.22. The third-order valence-electron chi connectivity index (χ3n) is 12.0. The van der Waals surface area contributed by atoms with Crippen molar-refractivity contribution in [2.24, 2.45) is 5.92 Å². The van der Waals surface area contributed by atoms with E-state index >= 15 is 0 Å². The summed E-state index contributed by atoms with van der Waals surface area (Å²) in [5, 5.41) is 0. The predicted octanol–water partition coefficient (Wildman–Crippen LogP) is 17.1. The van der Waals surface area contributed by atoms with Gasteiger partial charge in [0.05, 0.1) is 0 Å². The molecule has 6 heteroatoms. The van der Waals surface area contributed by atoms with E-state index in [2.05, 4.69) is 27.7 Å². The van der Waals surface area contributed by atoms with Crippen molar-refractivity contribution in [3.8, 4) is 0 Å². The quantitative estimate of drug-likeness (QED) is 0.0345. The van der Waals surface area contributed by atoms with E-state index in [1.807, 2.05) is 0 Å². The van der Waals surface area contributed by atoms with Gasteiger partial charge in [0.25, 0.3) is 0 Å². The molecule has 0 unspecified atom stereocenters. The lowest BCUT2D eigenvalue weighted by Gasteiger charge is -2.18. The fourth-order valence-electron chi connectivity index (χ4n) is 8.04. The van der Waals surface area contributed by atoms with Crippen molar-refractivity contribution < 1.29 is 28.6 Å². The maximum Gasteiger partial charge on any atom is 0.306 e. The number of carbonyl (C=O) groups excluding carboxylic acids is 3. The zero-order chi connectivity index (χ0) is 43.1. The topological polar surface area (TPSA) is 78.9 Å². The Labute approximate surface area is 368 Å². The smallest absolute Gasteiger partial charge is 0.306 e. The van der Waals surface area contributed by atoms with Gasteiger partial charge in [-0.2, -0.15) is 0 Å². The molecular formula is C53H102O6. The minimum atomic E-state index is -0.761. The molecule has 0 N–H and O–H groups in total. The van der Waals surface area contributed by atoms with Crippen molar-refractivity contribution in [1.82, 2.24) is 0 Å².